The second-order valence-corrected chi connectivity index (χ2v) is 5.47. The van der Waals surface area contributed by atoms with Crippen molar-refractivity contribution in [1.82, 2.24) is 0 Å². The molecule has 1 aromatic carbocycles. The Morgan fingerprint density at radius 1 is 1.12 bits per heavy atom. The molecular weight excluding hydrogens is 206 g/mol. The van der Waals surface area contributed by atoms with Gasteiger partial charge in [0.2, 0.25) is 0 Å². The van der Waals surface area contributed by atoms with Gasteiger partial charge >= 0.3 is 0 Å². The van der Waals surface area contributed by atoms with Gasteiger partial charge in [0.15, 0.2) is 0 Å². The van der Waals surface area contributed by atoms with Gasteiger partial charge in [0.05, 0.1) is 11.6 Å². The fourth-order valence-electron chi connectivity index (χ4n) is 2.73. The molecule has 1 heteroatoms. The second kappa shape index (κ2) is 5.87. The Morgan fingerprint density at radius 3 is 2.35 bits per heavy atom. The summed E-state index contributed by atoms with van der Waals surface area (Å²) in [5, 5.41) is 8.74. The number of rotatable bonds is 3. The lowest BCUT2D eigenvalue weighted by Crippen LogP contribution is -2.12. The molecule has 1 saturated carbocycles. The molecule has 0 saturated heterocycles. The summed E-state index contributed by atoms with van der Waals surface area (Å²) in [5.74, 6) is 1.88. The van der Waals surface area contributed by atoms with Crippen LogP contribution in [0, 0.1) is 23.2 Å². The van der Waals surface area contributed by atoms with Crippen molar-refractivity contribution >= 4 is 0 Å². The highest BCUT2D eigenvalue weighted by Crippen LogP contribution is 2.31. The fraction of sp³-hybridized carbons (Fsp3) is 0.562. The Balaban J connectivity index is 1.79. The molecule has 0 amide bonds. The first kappa shape index (κ1) is 12.2. The molecule has 90 valence electrons. The lowest BCUT2D eigenvalue weighted by molar-refractivity contribution is 0.278. The highest BCUT2D eigenvalue weighted by Gasteiger charge is 2.17. The first-order valence-electron chi connectivity index (χ1n) is 6.77. The highest BCUT2D eigenvalue weighted by molar-refractivity contribution is 5.31. The molecule has 0 bridgehead atoms. The van der Waals surface area contributed by atoms with Crippen LogP contribution in [0.15, 0.2) is 24.3 Å². The van der Waals surface area contributed by atoms with Crippen LogP contribution in [-0.2, 0) is 6.42 Å². The van der Waals surface area contributed by atoms with E-state index in [-0.39, 0.29) is 0 Å². The Kier molecular flexibility index (Phi) is 4.20. The van der Waals surface area contributed by atoms with Gasteiger partial charge in [-0.3, -0.25) is 0 Å². The second-order valence-electron chi connectivity index (χ2n) is 5.47. The van der Waals surface area contributed by atoms with Crippen LogP contribution in [-0.4, -0.2) is 0 Å². The lowest BCUT2D eigenvalue weighted by atomic mass is 9.80. The van der Waals surface area contributed by atoms with Crippen LogP contribution in [0.1, 0.15) is 50.2 Å². The zero-order chi connectivity index (χ0) is 12.1. The summed E-state index contributed by atoms with van der Waals surface area (Å²) in [7, 11) is 0. The smallest absolute Gasteiger partial charge is 0.0991 e. The van der Waals surface area contributed by atoms with Gasteiger partial charge in [0.25, 0.3) is 0 Å². The molecule has 17 heavy (non-hydrogen) atoms. The minimum absolute atomic E-state index is 0.764. The van der Waals surface area contributed by atoms with Crippen LogP contribution < -0.4 is 0 Å². The van der Waals surface area contributed by atoms with Gasteiger partial charge in [0, 0.05) is 0 Å². The number of hydrogen-bond acceptors (Lipinski definition) is 1. The van der Waals surface area contributed by atoms with Crippen molar-refractivity contribution in [2.45, 2.75) is 45.4 Å². The molecular formula is C16H21N. The van der Waals surface area contributed by atoms with Gasteiger partial charge < -0.3 is 0 Å². The van der Waals surface area contributed by atoms with Gasteiger partial charge in [-0.25, -0.2) is 0 Å². The van der Waals surface area contributed by atoms with E-state index in [1.165, 1.54) is 44.1 Å². The first-order chi connectivity index (χ1) is 8.28. The molecule has 0 heterocycles. The summed E-state index contributed by atoms with van der Waals surface area (Å²) in [6.07, 6.45) is 8.15. The van der Waals surface area contributed by atoms with E-state index in [1.807, 2.05) is 12.1 Å². The van der Waals surface area contributed by atoms with E-state index in [0.29, 0.717) is 0 Å². The Morgan fingerprint density at radius 2 is 1.76 bits per heavy atom. The van der Waals surface area contributed by atoms with Crippen LogP contribution in [0.25, 0.3) is 0 Å². The van der Waals surface area contributed by atoms with E-state index >= 15 is 0 Å². The molecule has 0 spiro atoms. The average molecular weight is 227 g/mol. The first-order valence-corrected chi connectivity index (χ1v) is 6.77. The number of nitrogens with zero attached hydrogens (tertiary/aromatic N) is 1. The van der Waals surface area contributed by atoms with Crippen molar-refractivity contribution in [3.05, 3.63) is 35.4 Å². The normalized spacial score (nSPS) is 24.2. The van der Waals surface area contributed by atoms with Crippen molar-refractivity contribution < 1.29 is 0 Å². The lowest BCUT2D eigenvalue weighted by Gasteiger charge is -2.26. The quantitative estimate of drug-likeness (QED) is 0.754. The minimum Gasteiger partial charge on any atom is -0.192 e. The zero-order valence-electron chi connectivity index (χ0n) is 10.7. The third-order valence-electron chi connectivity index (χ3n) is 4.06. The Hall–Kier alpha value is -1.29. The largest absolute Gasteiger partial charge is 0.192 e. The maximum atomic E-state index is 8.74. The monoisotopic (exact) mass is 227 g/mol. The van der Waals surface area contributed by atoms with E-state index < -0.39 is 0 Å². The van der Waals surface area contributed by atoms with Gasteiger partial charge in [-0.05, 0) is 42.4 Å². The number of benzene rings is 1. The van der Waals surface area contributed by atoms with E-state index in [1.54, 1.807) is 0 Å². The van der Waals surface area contributed by atoms with Crippen LogP contribution in [0.2, 0.25) is 0 Å². The molecule has 0 unspecified atom stereocenters. The molecule has 0 N–H and O–H groups in total. The van der Waals surface area contributed by atoms with Crippen molar-refractivity contribution in [3.63, 3.8) is 0 Å². The summed E-state index contributed by atoms with van der Waals surface area (Å²) in [5.41, 5.74) is 2.14. The average Bonchev–Trinajstić information content (AvgIpc) is 2.39. The Labute approximate surface area is 104 Å². The van der Waals surface area contributed by atoms with E-state index in [9.17, 15) is 0 Å². The van der Waals surface area contributed by atoms with Gasteiger partial charge in [-0.15, -0.1) is 0 Å². The summed E-state index contributed by atoms with van der Waals surface area (Å²) in [6.45, 7) is 2.37. The van der Waals surface area contributed by atoms with Crippen molar-refractivity contribution in [2.24, 2.45) is 11.8 Å². The number of aryl methyl sites for hydroxylation is 1. The summed E-state index contributed by atoms with van der Waals surface area (Å²) in [6, 6.07) is 10.2. The molecule has 1 aliphatic carbocycles. The third kappa shape index (κ3) is 3.60. The molecule has 0 atom stereocenters. The number of hydrogen-bond donors (Lipinski definition) is 0. The molecule has 1 aromatic rings. The molecule has 1 aliphatic rings. The summed E-state index contributed by atoms with van der Waals surface area (Å²) >= 11 is 0. The molecule has 2 rings (SSSR count). The van der Waals surface area contributed by atoms with Crippen molar-refractivity contribution in [3.8, 4) is 6.07 Å². The van der Waals surface area contributed by atoms with Crippen LogP contribution in [0.3, 0.4) is 0 Å². The standard InChI is InChI=1S/C16H21N/c1-13-2-4-14(5-3-13)6-7-15-8-10-16(12-17)11-9-15/h8-11,13-14H,2-7H2,1H3. The summed E-state index contributed by atoms with van der Waals surface area (Å²) in [4.78, 5) is 0. The van der Waals surface area contributed by atoms with Crippen LogP contribution in [0.4, 0.5) is 0 Å². The third-order valence-corrected chi connectivity index (χ3v) is 4.06. The maximum Gasteiger partial charge on any atom is 0.0991 e. The number of nitriles is 1. The van der Waals surface area contributed by atoms with Gasteiger partial charge in [-0.1, -0.05) is 44.7 Å². The van der Waals surface area contributed by atoms with Gasteiger partial charge in [0.1, 0.15) is 0 Å². The predicted octanol–water partition coefficient (Wildman–Crippen LogP) is 4.32. The Bertz CT molecular complexity index is 377. The van der Waals surface area contributed by atoms with Crippen LogP contribution in [0.5, 0.6) is 0 Å². The predicted molar refractivity (Wildman–Crippen MR) is 70.6 cm³/mol. The molecule has 0 radical (unpaired) electrons. The van der Waals surface area contributed by atoms with E-state index in [2.05, 4.69) is 25.1 Å². The maximum absolute atomic E-state index is 8.74. The molecule has 0 aromatic heterocycles. The fourth-order valence-corrected chi connectivity index (χ4v) is 2.73. The SMILES string of the molecule is CC1CCC(CCc2ccc(C#N)cc2)CC1. The summed E-state index contributed by atoms with van der Waals surface area (Å²) < 4.78 is 0. The van der Waals surface area contributed by atoms with E-state index in [0.717, 1.165) is 17.4 Å². The topological polar surface area (TPSA) is 23.8 Å². The zero-order valence-corrected chi connectivity index (χ0v) is 10.7. The highest BCUT2D eigenvalue weighted by atomic mass is 14.2. The van der Waals surface area contributed by atoms with Crippen molar-refractivity contribution in [1.29, 1.82) is 5.26 Å². The van der Waals surface area contributed by atoms with E-state index in [4.69, 9.17) is 5.26 Å². The molecule has 1 fully saturated rings. The van der Waals surface area contributed by atoms with Crippen molar-refractivity contribution in [2.75, 3.05) is 0 Å². The molecule has 1 nitrogen and oxygen atoms in total. The van der Waals surface area contributed by atoms with Gasteiger partial charge in [-0.2, -0.15) is 5.26 Å². The minimum atomic E-state index is 0.764. The van der Waals surface area contributed by atoms with Crippen LogP contribution >= 0.6 is 0 Å². The molecule has 0 aliphatic heterocycles.